The summed E-state index contributed by atoms with van der Waals surface area (Å²) in [6.07, 6.45) is 11.3. The third kappa shape index (κ3) is 15.4. The van der Waals surface area contributed by atoms with E-state index in [1.165, 1.54) is 12.4 Å². The largest absolute Gasteiger partial charge is 0.497 e. The summed E-state index contributed by atoms with van der Waals surface area (Å²) in [5.74, 6) is 5.37. The molecule has 0 saturated heterocycles. The lowest BCUT2D eigenvalue weighted by atomic mass is 10.0. The predicted octanol–water partition coefficient (Wildman–Crippen LogP) is 15.2. The third-order valence-electron chi connectivity index (χ3n) is 17.8. The molecule has 9 aromatic heterocycles. The zero-order valence-corrected chi connectivity index (χ0v) is 60.7. The maximum absolute atomic E-state index is 14.2. The van der Waals surface area contributed by atoms with Crippen molar-refractivity contribution in [3.8, 4) is 62.1 Å². The molecule has 6 aromatic carbocycles. The van der Waals surface area contributed by atoms with E-state index >= 15 is 0 Å². The van der Waals surface area contributed by atoms with E-state index in [4.69, 9.17) is 43.3 Å². The number of methoxy groups -OCH3 is 2. The minimum absolute atomic E-state index is 0.145. The summed E-state index contributed by atoms with van der Waals surface area (Å²) in [6.45, 7) is 28.0. The number of pyridine rings is 3. The topological polar surface area (TPSA) is 310 Å². The molecule has 0 fully saturated rings. The Kier molecular flexibility index (Phi) is 21.3. The van der Waals surface area contributed by atoms with Crippen molar-refractivity contribution in [2.24, 2.45) is 0 Å². The Morgan fingerprint density at radius 2 is 0.862 bits per heavy atom. The monoisotopic (exact) mass is 1440 g/mol. The summed E-state index contributed by atoms with van der Waals surface area (Å²) in [4.78, 5) is 103. The Morgan fingerprint density at radius 3 is 1.32 bits per heavy atom. The number of nitrogens with two attached hydrogens (primary N) is 1. The summed E-state index contributed by atoms with van der Waals surface area (Å²) in [7, 11) is 3.17. The lowest BCUT2D eigenvalue weighted by Gasteiger charge is -2.21. The van der Waals surface area contributed by atoms with Crippen LogP contribution in [-0.4, -0.2) is 87.7 Å². The molecule has 5 N–H and O–H groups in total. The maximum atomic E-state index is 14.2. The molecular formula is C83H71N21O5. The number of aromatic nitrogens is 15. The molecule has 0 saturated carbocycles. The maximum Gasteiger partial charge on any atom is 0.266 e. The van der Waals surface area contributed by atoms with Gasteiger partial charge in [0.15, 0.2) is 0 Å². The zero-order chi connectivity index (χ0) is 76.4. The van der Waals surface area contributed by atoms with Crippen LogP contribution >= 0.6 is 0 Å². The van der Waals surface area contributed by atoms with Gasteiger partial charge >= 0.3 is 0 Å². The molecule has 0 unspecified atom stereocenters. The van der Waals surface area contributed by atoms with Crippen LogP contribution in [-0.2, 0) is 0 Å². The number of anilines is 4. The first-order valence-corrected chi connectivity index (χ1v) is 34.5. The first-order chi connectivity index (χ1) is 52.9. The number of nitrogen functional groups attached to an aromatic ring is 1. The summed E-state index contributed by atoms with van der Waals surface area (Å²) < 4.78 is 15.6. The molecule has 9 heterocycles. The van der Waals surface area contributed by atoms with Crippen LogP contribution < -0.4 is 47.8 Å². The van der Waals surface area contributed by atoms with Crippen molar-refractivity contribution in [2.75, 3.05) is 35.9 Å². The molecule has 0 bridgehead atoms. The molecule has 15 aromatic rings. The lowest BCUT2D eigenvalue weighted by Crippen LogP contribution is -2.28. The highest BCUT2D eigenvalue weighted by Crippen LogP contribution is 2.35. The number of hydrogen-bond donors (Lipinski definition) is 4. The fraction of sp³-hybridized carbons (Fsp3) is 0.145. The number of nitrogens with zero attached hydrogens (tertiary/aromatic N) is 17. The minimum atomic E-state index is -0.467. The second-order valence-electron chi connectivity index (χ2n) is 25.2. The Balaban J connectivity index is 0.000000144. The molecule has 538 valence electrons. The van der Waals surface area contributed by atoms with E-state index < -0.39 is 12.1 Å². The van der Waals surface area contributed by atoms with Gasteiger partial charge in [0.25, 0.3) is 16.7 Å². The van der Waals surface area contributed by atoms with Crippen molar-refractivity contribution >= 4 is 67.5 Å². The molecule has 0 amide bonds. The number of para-hydroxylation sites is 3. The van der Waals surface area contributed by atoms with Crippen molar-refractivity contribution < 1.29 is 9.47 Å². The molecular weight excluding hydrogens is 1370 g/mol. The van der Waals surface area contributed by atoms with E-state index in [0.717, 1.165) is 33.6 Å². The summed E-state index contributed by atoms with van der Waals surface area (Å²) >= 11 is 0. The van der Waals surface area contributed by atoms with Gasteiger partial charge in [-0.05, 0) is 144 Å². The second-order valence-corrected chi connectivity index (χ2v) is 25.2. The van der Waals surface area contributed by atoms with Crippen LogP contribution in [0.2, 0.25) is 0 Å². The number of nitrogens with one attached hydrogen (secondary N) is 3. The van der Waals surface area contributed by atoms with Gasteiger partial charge in [0.2, 0.25) is 17.3 Å². The van der Waals surface area contributed by atoms with Gasteiger partial charge < -0.3 is 31.2 Å². The van der Waals surface area contributed by atoms with Gasteiger partial charge in [0.05, 0.1) is 107 Å². The molecule has 0 aliphatic carbocycles. The molecule has 109 heavy (non-hydrogen) atoms. The molecule has 15 rings (SSSR count). The lowest BCUT2D eigenvalue weighted by molar-refractivity contribution is 0.413. The number of aryl methyl sites for hydroxylation is 4. The highest BCUT2D eigenvalue weighted by Gasteiger charge is 2.26. The smallest absolute Gasteiger partial charge is 0.266 e. The van der Waals surface area contributed by atoms with Gasteiger partial charge in [-0.1, -0.05) is 91.0 Å². The molecule has 0 radical (unpaired) electrons. The fourth-order valence-corrected chi connectivity index (χ4v) is 12.6. The van der Waals surface area contributed by atoms with Crippen LogP contribution in [0.4, 0.5) is 34.8 Å². The minimum Gasteiger partial charge on any atom is -0.497 e. The van der Waals surface area contributed by atoms with Crippen LogP contribution in [0.3, 0.4) is 0 Å². The third-order valence-corrected chi connectivity index (χ3v) is 17.8. The van der Waals surface area contributed by atoms with Crippen molar-refractivity contribution in [3.05, 3.63) is 314 Å². The van der Waals surface area contributed by atoms with E-state index in [2.05, 4.69) is 70.5 Å². The number of fused-ring (bicyclic) bond motifs is 3. The van der Waals surface area contributed by atoms with E-state index in [-0.39, 0.29) is 28.7 Å². The molecule has 0 aliphatic heterocycles. The molecule has 26 heteroatoms. The van der Waals surface area contributed by atoms with Crippen molar-refractivity contribution in [1.82, 2.24) is 73.5 Å². The first-order valence-electron chi connectivity index (χ1n) is 34.5. The number of benzene rings is 6. The highest BCUT2D eigenvalue weighted by atomic mass is 16.5. The van der Waals surface area contributed by atoms with E-state index in [9.17, 15) is 14.4 Å². The SMILES string of the molecule is Cc1cc(-c2cccc3nc([C@H](C)Nc4nc(N)ncc4C)n(-c4ccccc4)c(=O)c23)ccn1.[C-]#[N+]c1cnc(C)nc1N[C@@H](C)c1nc2cccc(-c3cc(OC)ccn3)c2c(=O)n1-c1ccccc1.[C-]#[N+]c1cnc(C)nc1N[C@@H](C)c1nc2cccc(-c3cncc(OC)c3)c2c(=O)n1-c1ccccc1. The van der Waals surface area contributed by atoms with Crippen LogP contribution in [0, 0.1) is 40.8 Å². The number of ether oxygens (including phenoxy) is 2. The highest BCUT2D eigenvalue weighted by molar-refractivity contribution is 5.96. The van der Waals surface area contributed by atoms with E-state index in [0.29, 0.717) is 130 Å². The first kappa shape index (κ1) is 72.6. The number of hydrogen-bond acceptors (Lipinski definition) is 21. The van der Waals surface area contributed by atoms with Crippen molar-refractivity contribution in [1.29, 1.82) is 0 Å². The van der Waals surface area contributed by atoms with Crippen LogP contribution in [0.15, 0.2) is 234 Å². The average molecular weight is 1440 g/mol. The second kappa shape index (κ2) is 32.1. The van der Waals surface area contributed by atoms with Crippen LogP contribution in [0.5, 0.6) is 11.5 Å². The Morgan fingerprint density at radius 1 is 0.422 bits per heavy atom. The Labute approximate surface area is 625 Å². The summed E-state index contributed by atoms with van der Waals surface area (Å²) in [5, 5.41) is 11.4. The van der Waals surface area contributed by atoms with Gasteiger partial charge in [-0.3, -0.25) is 53.0 Å². The van der Waals surface area contributed by atoms with Gasteiger partial charge in [0, 0.05) is 65.6 Å². The van der Waals surface area contributed by atoms with Gasteiger partial charge in [-0.25, -0.2) is 39.6 Å². The molecule has 0 aliphatic rings. The van der Waals surface area contributed by atoms with Crippen LogP contribution in [0.1, 0.15) is 79.3 Å². The van der Waals surface area contributed by atoms with E-state index in [1.807, 2.05) is 198 Å². The van der Waals surface area contributed by atoms with Crippen molar-refractivity contribution in [3.63, 3.8) is 0 Å². The van der Waals surface area contributed by atoms with E-state index in [1.54, 1.807) is 84.9 Å². The fourth-order valence-electron chi connectivity index (χ4n) is 12.6. The Hall–Kier alpha value is -14.8. The van der Waals surface area contributed by atoms with Gasteiger partial charge in [-0.15, -0.1) is 0 Å². The van der Waals surface area contributed by atoms with Crippen LogP contribution in [0.25, 0.3) is 93.0 Å². The predicted molar refractivity (Wildman–Crippen MR) is 423 cm³/mol. The summed E-state index contributed by atoms with van der Waals surface area (Å²) in [5.41, 5.74) is 15.8. The normalized spacial score (nSPS) is 11.7. The van der Waals surface area contributed by atoms with Gasteiger partial charge in [0.1, 0.15) is 58.1 Å². The molecule has 3 atom stereocenters. The summed E-state index contributed by atoms with van der Waals surface area (Å²) in [6, 6.07) is 53.0. The van der Waals surface area contributed by atoms with Gasteiger partial charge in [-0.2, -0.15) is 4.98 Å². The molecule has 26 nitrogen and oxygen atoms in total. The zero-order valence-electron chi connectivity index (χ0n) is 60.7. The standard InChI is InChI=1S/2C28H23N7O2.C27H25N7O/c1-17(32-26-24(29-3)16-31-18(2)33-26)27-34-23-12-8-11-22(19-13-21(37-4)15-30-14-19)25(23)28(36)35(27)20-9-6-5-7-10-20;1-17(32-26-24(29-3)16-31-18(2)33-26)27-34-22-12-8-11-21(23-15-20(37-4)13-14-30-23)25(22)28(36)35(27)19-9-6-5-7-10-19;1-16-15-30-27(28)33-24(16)31-18(3)25-32-22-11-7-10-21(19-12-13-29-17(2)14-19)23(22)26(35)34(25)20-8-5-4-6-9-20/h2*5-17H,1-2,4H3,(H,31,32,33);4-15,18H,1-3H3,(H3,28,30,31,33)/t2*17-;18-/m000/s1. The van der Waals surface area contributed by atoms with Crippen molar-refractivity contribution in [2.45, 2.75) is 66.6 Å². The molecule has 0 spiro atoms. The quantitative estimate of drug-likeness (QED) is 0.0616. The number of rotatable bonds is 17. The Bertz CT molecular complexity index is 5950. The average Bonchev–Trinajstić information content (AvgIpc) is 0.761.